The van der Waals surface area contributed by atoms with E-state index in [1.54, 1.807) is 0 Å². The molecule has 0 bridgehead atoms. The third-order valence-corrected chi connectivity index (χ3v) is 6.73. The first-order chi connectivity index (χ1) is 15.3. The van der Waals surface area contributed by atoms with Gasteiger partial charge in [0, 0.05) is 25.7 Å². The molecule has 1 saturated heterocycles. The standard InChI is InChI=1S/C26H37N3O2/c30-26(27-16-19-28-17-8-3-9-18-28)25-15-14-24(31-25)21-29(23-12-6-2-7-13-23)20-22-10-4-1-5-11-22/h1,4-5,10-11,14-15,23H,2-3,6-9,12-13,16-21H2,(H,27,30). The van der Waals surface area contributed by atoms with Crippen LogP contribution in [0.4, 0.5) is 0 Å². The number of nitrogens with zero attached hydrogens (tertiary/aromatic N) is 2. The van der Waals surface area contributed by atoms with Gasteiger partial charge in [-0.05, 0) is 56.5 Å². The van der Waals surface area contributed by atoms with Crippen LogP contribution < -0.4 is 5.32 Å². The third kappa shape index (κ3) is 6.68. The predicted molar refractivity (Wildman–Crippen MR) is 124 cm³/mol. The zero-order valence-electron chi connectivity index (χ0n) is 18.7. The number of carbonyl (C=O) groups is 1. The topological polar surface area (TPSA) is 48.7 Å². The van der Waals surface area contributed by atoms with Gasteiger partial charge in [-0.1, -0.05) is 56.0 Å². The second-order valence-corrected chi connectivity index (χ2v) is 9.11. The van der Waals surface area contributed by atoms with Crippen molar-refractivity contribution in [1.82, 2.24) is 15.1 Å². The first kappa shape index (κ1) is 22.1. The van der Waals surface area contributed by atoms with Crippen molar-refractivity contribution in [3.8, 4) is 0 Å². The smallest absolute Gasteiger partial charge is 0.287 e. The SMILES string of the molecule is O=C(NCCN1CCCCC1)c1ccc(CN(Cc2ccccc2)C2CCCCC2)o1. The summed E-state index contributed by atoms with van der Waals surface area (Å²) in [5, 5.41) is 3.03. The number of rotatable bonds is 9. The van der Waals surface area contributed by atoms with E-state index in [0.717, 1.165) is 38.5 Å². The van der Waals surface area contributed by atoms with Crippen LogP contribution >= 0.6 is 0 Å². The molecule has 0 unspecified atom stereocenters. The van der Waals surface area contributed by atoms with Crippen molar-refractivity contribution in [2.75, 3.05) is 26.2 Å². The predicted octanol–water partition coefficient (Wildman–Crippen LogP) is 4.83. The molecule has 1 amide bonds. The highest BCUT2D eigenvalue weighted by atomic mass is 16.4. The van der Waals surface area contributed by atoms with Gasteiger partial charge >= 0.3 is 0 Å². The van der Waals surface area contributed by atoms with Crippen molar-refractivity contribution in [1.29, 1.82) is 0 Å². The van der Waals surface area contributed by atoms with E-state index in [0.29, 0.717) is 18.3 Å². The number of piperidine rings is 1. The molecule has 31 heavy (non-hydrogen) atoms. The van der Waals surface area contributed by atoms with Crippen LogP contribution in [0, 0.1) is 0 Å². The Morgan fingerprint density at radius 3 is 2.45 bits per heavy atom. The number of nitrogens with one attached hydrogen (secondary N) is 1. The number of hydrogen-bond acceptors (Lipinski definition) is 4. The van der Waals surface area contributed by atoms with Crippen LogP contribution in [0.2, 0.25) is 0 Å². The second kappa shape index (κ2) is 11.5. The average Bonchev–Trinajstić information content (AvgIpc) is 3.29. The molecule has 1 aliphatic heterocycles. The maximum Gasteiger partial charge on any atom is 0.287 e. The van der Waals surface area contributed by atoms with Crippen molar-refractivity contribution >= 4 is 5.91 Å². The number of amides is 1. The monoisotopic (exact) mass is 423 g/mol. The van der Waals surface area contributed by atoms with Crippen LogP contribution in [0.3, 0.4) is 0 Å². The van der Waals surface area contributed by atoms with Crippen LogP contribution in [-0.4, -0.2) is 47.9 Å². The van der Waals surface area contributed by atoms with Crippen LogP contribution in [0.25, 0.3) is 0 Å². The molecule has 168 valence electrons. The van der Waals surface area contributed by atoms with Gasteiger partial charge < -0.3 is 14.6 Å². The second-order valence-electron chi connectivity index (χ2n) is 9.11. The van der Waals surface area contributed by atoms with E-state index in [-0.39, 0.29) is 5.91 Å². The van der Waals surface area contributed by atoms with Gasteiger partial charge in [-0.15, -0.1) is 0 Å². The molecule has 2 heterocycles. The molecule has 0 atom stereocenters. The Hall–Kier alpha value is -2.11. The molecule has 1 saturated carbocycles. The highest BCUT2D eigenvalue weighted by Crippen LogP contribution is 2.26. The third-order valence-electron chi connectivity index (χ3n) is 6.73. The minimum atomic E-state index is -0.101. The molecule has 1 N–H and O–H groups in total. The lowest BCUT2D eigenvalue weighted by molar-refractivity contribution is 0.0909. The van der Waals surface area contributed by atoms with Gasteiger partial charge in [0.2, 0.25) is 0 Å². The van der Waals surface area contributed by atoms with Gasteiger partial charge in [-0.25, -0.2) is 0 Å². The van der Waals surface area contributed by atoms with E-state index in [1.807, 2.05) is 12.1 Å². The number of furan rings is 1. The van der Waals surface area contributed by atoms with Gasteiger partial charge in [0.15, 0.2) is 5.76 Å². The lowest BCUT2D eigenvalue weighted by Gasteiger charge is -2.33. The molecule has 0 spiro atoms. The Morgan fingerprint density at radius 1 is 0.935 bits per heavy atom. The summed E-state index contributed by atoms with van der Waals surface area (Å²) in [5.41, 5.74) is 1.33. The molecule has 2 aliphatic rings. The fourth-order valence-corrected chi connectivity index (χ4v) is 4.96. The van der Waals surface area contributed by atoms with Gasteiger partial charge in [0.1, 0.15) is 5.76 Å². The number of likely N-dealkylation sites (tertiary alicyclic amines) is 1. The van der Waals surface area contributed by atoms with Gasteiger partial charge in [0.05, 0.1) is 6.54 Å². The summed E-state index contributed by atoms with van der Waals surface area (Å²) in [5.74, 6) is 1.20. The van der Waals surface area contributed by atoms with Crippen LogP contribution in [-0.2, 0) is 13.1 Å². The normalized spacial score (nSPS) is 18.4. The van der Waals surface area contributed by atoms with Crippen molar-refractivity contribution in [2.24, 2.45) is 0 Å². The van der Waals surface area contributed by atoms with Gasteiger partial charge in [0.25, 0.3) is 5.91 Å². The summed E-state index contributed by atoms with van der Waals surface area (Å²) in [7, 11) is 0. The largest absolute Gasteiger partial charge is 0.455 e. The van der Waals surface area contributed by atoms with Crippen molar-refractivity contribution < 1.29 is 9.21 Å². The summed E-state index contributed by atoms with van der Waals surface area (Å²) in [4.78, 5) is 17.5. The highest BCUT2D eigenvalue weighted by molar-refractivity contribution is 5.91. The first-order valence-corrected chi connectivity index (χ1v) is 12.2. The van der Waals surface area contributed by atoms with E-state index < -0.39 is 0 Å². The van der Waals surface area contributed by atoms with E-state index in [4.69, 9.17) is 4.42 Å². The molecule has 2 fully saturated rings. The summed E-state index contributed by atoms with van der Waals surface area (Å²) in [6.07, 6.45) is 10.3. The minimum absolute atomic E-state index is 0.101. The van der Waals surface area contributed by atoms with E-state index in [1.165, 1.54) is 56.9 Å². The Morgan fingerprint density at radius 2 is 1.68 bits per heavy atom. The Bertz CT molecular complexity index is 792. The molecule has 4 rings (SSSR count). The minimum Gasteiger partial charge on any atom is -0.455 e. The molecule has 1 aromatic heterocycles. The summed E-state index contributed by atoms with van der Waals surface area (Å²) < 4.78 is 5.98. The van der Waals surface area contributed by atoms with Gasteiger partial charge in [-0.3, -0.25) is 9.69 Å². The molecule has 5 nitrogen and oxygen atoms in total. The van der Waals surface area contributed by atoms with Crippen LogP contribution in [0.1, 0.15) is 73.2 Å². The maximum absolute atomic E-state index is 12.5. The summed E-state index contributed by atoms with van der Waals surface area (Å²) in [6.45, 7) is 5.57. The van der Waals surface area contributed by atoms with Crippen molar-refractivity contribution in [3.63, 3.8) is 0 Å². The zero-order valence-corrected chi connectivity index (χ0v) is 18.7. The van der Waals surface area contributed by atoms with Crippen molar-refractivity contribution in [2.45, 2.75) is 70.5 Å². The maximum atomic E-state index is 12.5. The van der Waals surface area contributed by atoms with Gasteiger partial charge in [-0.2, -0.15) is 0 Å². The lowest BCUT2D eigenvalue weighted by atomic mass is 9.93. The average molecular weight is 424 g/mol. The Balaban J connectivity index is 1.32. The Kier molecular flexibility index (Phi) is 8.19. The van der Waals surface area contributed by atoms with Crippen LogP contribution in [0.5, 0.6) is 0 Å². The molecule has 5 heteroatoms. The number of carbonyl (C=O) groups excluding carboxylic acids is 1. The molecular formula is C26H37N3O2. The molecule has 2 aromatic rings. The number of hydrogen-bond donors (Lipinski definition) is 1. The quantitative estimate of drug-likeness (QED) is 0.628. The molecular weight excluding hydrogens is 386 g/mol. The lowest BCUT2D eigenvalue weighted by Crippen LogP contribution is -2.37. The molecule has 1 aliphatic carbocycles. The summed E-state index contributed by atoms with van der Waals surface area (Å²) >= 11 is 0. The van der Waals surface area contributed by atoms with E-state index >= 15 is 0 Å². The number of benzene rings is 1. The zero-order chi connectivity index (χ0) is 21.3. The fourth-order valence-electron chi connectivity index (χ4n) is 4.96. The van der Waals surface area contributed by atoms with E-state index in [9.17, 15) is 4.79 Å². The van der Waals surface area contributed by atoms with E-state index in [2.05, 4.69) is 45.4 Å². The van der Waals surface area contributed by atoms with Crippen molar-refractivity contribution in [3.05, 3.63) is 59.5 Å². The Labute approximate surface area is 186 Å². The molecule has 1 aromatic carbocycles. The van der Waals surface area contributed by atoms with Crippen LogP contribution in [0.15, 0.2) is 46.9 Å². The molecule has 0 radical (unpaired) electrons. The first-order valence-electron chi connectivity index (χ1n) is 12.2. The highest BCUT2D eigenvalue weighted by Gasteiger charge is 2.23. The fraction of sp³-hybridized carbons (Fsp3) is 0.577. The summed E-state index contributed by atoms with van der Waals surface area (Å²) in [6, 6.07) is 15.0.